The summed E-state index contributed by atoms with van der Waals surface area (Å²) in [6.07, 6.45) is 5.46. The summed E-state index contributed by atoms with van der Waals surface area (Å²) in [4.78, 5) is 2.63. The van der Waals surface area contributed by atoms with Crippen LogP contribution in [0.5, 0.6) is 0 Å². The molecule has 17 heavy (non-hydrogen) atoms. The molecular weight excluding hydrogens is 212 g/mol. The van der Waals surface area contributed by atoms with Crippen LogP contribution in [0.25, 0.3) is 0 Å². The van der Waals surface area contributed by atoms with Gasteiger partial charge in [0.2, 0.25) is 0 Å². The fourth-order valence-corrected chi connectivity index (χ4v) is 2.88. The van der Waals surface area contributed by atoms with Gasteiger partial charge in [-0.15, -0.1) is 0 Å². The van der Waals surface area contributed by atoms with Crippen molar-refractivity contribution in [3.05, 3.63) is 0 Å². The number of morpholine rings is 1. The molecule has 0 aromatic rings. The van der Waals surface area contributed by atoms with Crippen LogP contribution in [0.3, 0.4) is 0 Å². The summed E-state index contributed by atoms with van der Waals surface area (Å²) in [5.41, 5.74) is 0. The summed E-state index contributed by atoms with van der Waals surface area (Å²) in [5.74, 6) is 0. The fraction of sp³-hybridized carbons (Fsp3) is 1.00. The van der Waals surface area contributed by atoms with E-state index in [0.717, 1.165) is 44.9 Å². The normalized spacial score (nSPS) is 30.5. The largest absolute Gasteiger partial charge is 0.379 e. The molecule has 0 aromatic carbocycles. The first-order valence-corrected chi connectivity index (χ1v) is 7.45. The lowest BCUT2D eigenvalue weighted by Crippen LogP contribution is -2.47. The Morgan fingerprint density at radius 3 is 2.18 bits per heavy atom. The van der Waals surface area contributed by atoms with Crippen LogP contribution in [0, 0.1) is 0 Å². The number of nitrogens with zero attached hydrogens (tertiary/aromatic N) is 1. The van der Waals surface area contributed by atoms with Gasteiger partial charge in [-0.1, -0.05) is 20.8 Å². The SMILES string of the molecule is CC.CCNC1CCC(N2CCOCC2)CC1. The zero-order valence-electron chi connectivity index (χ0n) is 11.9. The molecule has 3 nitrogen and oxygen atoms in total. The molecule has 1 aliphatic heterocycles. The van der Waals surface area contributed by atoms with E-state index in [1.54, 1.807) is 0 Å². The lowest BCUT2D eigenvalue weighted by molar-refractivity contribution is 0.00662. The van der Waals surface area contributed by atoms with Crippen LogP contribution in [0.4, 0.5) is 0 Å². The molecule has 0 amide bonds. The van der Waals surface area contributed by atoms with Gasteiger partial charge in [0.15, 0.2) is 0 Å². The van der Waals surface area contributed by atoms with E-state index in [2.05, 4.69) is 17.1 Å². The van der Waals surface area contributed by atoms with Gasteiger partial charge in [-0.3, -0.25) is 4.90 Å². The molecule has 1 saturated carbocycles. The summed E-state index contributed by atoms with van der Waals surface area (Å²) < 4.78 is 5.40. The predicted molar refractivity (Wildman–Crippen MR) is 73.5 cm³/mol. The van der Waals surface area contributed by atoms with Gasteiger partial charge in [-0.2, -0.15) is 0 Å². The average molecular weight is 242 g/mol. The predicted octanol–water partition coefficient (Wildman–Crippen LogP) is 2.27. The lowest BCUT2D eigenvalue weighted by Gasteiger charge is -2.38. The topological polar surface area (TPSA) is 24.5 Å². The Balaban J connectivity index is 0.000000686. The van der Waals surface area contributed by atoms with Gasteiger partial charge in [0, 0.05) is 25.2 Å². The van der Waals surface area contributed by atoms with Crippen molar-refractivity contribution in [1.82, 2.24) is 10.2 Å². The maximum absolute atomic E-state index is 5.40. The number of rotatable bonds is 3. The second-order valence-electron chi connectivity index (χ2n) is 4.71. The van der Waals surface area contributed by atoms with Crippen LogP contribution < -0.4 is 5.32 Å². The van der Waals surface area contributed by atoms with E-state index in [1.165, 1.54) is 25.7 Å². The Kier molecular flexibility index (Phi) is 7.82. The van der Waals surface area contributed by atoms with Crippen LogP contribution in [-0.4, -0.2) is 49.8 Å². The molecule has 0 spiro atoms. The van der Waals surface area contributed by atoms with E-state index < -0.39 is 0 Å². The van der Waals surface area contributed by atoms with Crippen LogP contribution in [0.2, 0.25) is 0 Å². The first-order valence-electron chi connectivity index (χ1n) is 7.45. The molecule has 0 atom stereocenters. The second-order valence-corrected chi connectivity index (χ2v) is 4.71. The first-order chi connectivity index (χ1) is 8.40. The molecule has 3 heteroatoms. The maximum Gasteiger partial charge on any atom is 0.0594 e. The van der Waals surface area contributed by atoms with E-state index in [9.17, 15) is 0 Å². The highest BCUT2D eigenvalue weighted by atomic mass is 16.5. The Labute approximate surface area is 107 Å². The summed E-state index contributed by atoms with van der Waals surface area (Å²) in [6.45, 7) is 11.5. The molecule has 1 heterocycles. The third kappa shape index (κ3) is 4.94. The van der Waals surface area contributed by atoms with Crippen LogP contribution in [0.15, 0.2) is 0 Å². The third-order valence-electron chi connectivity index (χ3n) is 3.75. The van der Waals surface area contributed by atoms with Crippen molar-refractivity contribution in [2.75, 3.05) is 32.8 Å². The smallest absolute Gasteiger partial charge is 0.0594 e. The Hall–Kier alpha value is -0.120. The van der Waals surface area contributed by atoms with Gasteiger partial charge >= 0.3 is 0 Å². The minimum absolute atomic E-state index is 0.785. The van der Waals surface area contributed by atoms with E-state index in [4.69, 9.17) is 4.74 Å². The van der Waals surface area contributed by atoms with Crippen molar-refractivity contribution in [2.24, 2.45) is 0 Å². The summed E-state index contributed by atoms with van der Waals surface area (Å²) in [7, 11) is 0. The molecule has 0 aromatic heterocycles. The van der Waals surface area contributed by atoms with Gasteiger partial charge in [-0.05, 0) is 32.2 Å². The van der Waals surface area contributed by atoms with E-state index in [1.807, 2.05) is 13.8 Å². The van der Waals surface area contributed by atoms with Crippen molar-refractivity contribution in [3.63, 3.8) is 0 Å². The van der Waals surface area contributed by atoms with Gasteiger partial charge in [0.25, 0.3) is 0 Å². The van der Waals surface area contributed by atoms with Gasteiger partial charge in [0.05, 0.1) is 13.2 Å². The van der Waals surface area contributed by atoms with Crippen molar-refractivity contribution in [1.29, 1.82) is 0 Å². The van der Waals surface area contributed by atoms with Crippen LogP contribution in [-0.2, 0) is 4.74 Å². The van der Waals surface area contributed by atoms with E-state index in [0.29, 0.717) is 0 Å². The number of hydrogen-bond donors (Lipinski definition) is 1. The van der Waals surface area contributed by atoms with Gasteiger partial charge < -0.3 is 10.1 Å². The van der Waals surface area contributed by atoms with Crippen LogP contribution >= 0.6 is 0 Å². The standard InChI is InChI=1S/C12H24N2O.C2H6/c1-2-13-11-3-5-12(6-4-11)14-7-9-15-10-8-14;1-2/h11-13H,2-10H2,1H3;1-2H3. The molecule has 0 unspecified atom stereocenters. The highest BCUT2D eigenvalue weighted by Crippen LogP contribution is 2.23. The van der Waals surface area contributed by atoms with E-state index >= 15 is 0 Å². The van der Waals surface area contributed by atoms with Gasteiger partial charge in [0.1, 0.15) is 0 Å². The molecule has 2 rings (SSSR count). The Morgan fingerprint density at radius 1 is 1.06 bits per heavy atom. The monoisotopic (exact) mass is 242 g/mol. The maximum atomic E-state index is 5.40. The van der Waals surface area contributed by atoms with Crippen molar-refractivity contribution in [3.8, 4) is 0 Å². The highest BCUT2D eigenvalue weighted by molar-refractivity contribution is 4.83. The molecule has 1 aliphatic carbocycles. The molecule has 0 radical (unpaired) electrons. The number of nitrogens with one attached hydrogen (secondary N) is 1. The average Bonchev–Trinajstić information content (AvgIpc) is 2.43. The summed E-state index contributed by atoms with van der Waals surface area (Å²) >= 11 is 0. The van der Waals surface area contributed by atoms with Crippen molar-refractivity contribution >= 4 is 0 Å². The molecule has 0 bridgehead atoms. The zero-order valence-corrected chi connectivity index (χ0v) is 11.9. The Morgan fingerprint density at radius 2 is 1.65 bits per heavy atom. The van der Waals surface area contributed by atoms with E-state index in [-0.39, 0.29) is 0 Å². The molecular formula is C14H30N2O. The highest BCUT2D eigenvalue weighted by Gasteiger charge is 2.26. The molecule has 102 valence electrons. The summed E-state index contributed by atoms with van der Waals surface area (Å²) in [6, 6.07) is 1.62. The second kappa shape index (κ2) is 8.90. The number of ether oxygens (including phenoxy) is 1. The van der Waals surface area contributed by atoms with Gasteiger partial charge in [-0.25, -0.2) is 0 Å². The zero-order chi connectivity index (χ0) is 12.5. The third-order valence-corrected chi connectivity index (χ3v) is 3.75. The number of hydrogen-bond acceptors (Lipinski definition) is 3. The molecule has 1 N–H and O–H groups in total. The minimum atomic E-state index is 0.785. The molecule has 1 saturated heterocycles. The van der Waals surface area contributed by atoms with Crippen molar-refractivity contribution < 1.29 is 4.74 Å². The van der Waals surface area contributed by atoms with Crippen molar-refractivity contribution in [2.45, 2.75) is 58.5 Å². The molecule has 2 aliphatic rings. The lowest BCUT2D eigenvalue weighted by atomic mass is 9.90. The minimum Gasteiger partial charge on any atom is -0.379 e. The Bertz CT molecular complexity index is 173. The first kappa shape index (κ1) is 14.9. The van der Waals surface area contributed by atoms with Crippen LogP contribution in [0.1, 0.15) is 46.5 Å². The quantitative estimate of drug-likeness (QED) is 0.821. The molecule has 2 fully saturated rings. The summed E-state index contributed by atoms with van der Waals surface area (Å²) in [5, 5.41) is 3.56. The fourth-order valence-electron chi connectivity index (χ4n) is 2.88.